The van der Waals surface area contributed by atoms with Gasteiger partial charge in [-0.3, -0.25) is 5.10 Å². The van der Waals surface area contributed by atoms with Gasteiger partial charge in [0, 0.05) is 17.4 Å². The van der Waals surface area contributed by atoms with E-state index in [9.17, 15) is 0 Å². The van der Waals surface area contributed by atoms with Crippen molar-refractivity contribution in [3.05, 3.63) is 60.7 Å². The summed E-state index contributed by atoms with van der Waals surface area (Å²) in [6.45, 7) is 2.10. The lowest BCUT2D eigenvalue weighted by Gasteiger charge is -2.13. The molecule has 96 valence electrons. The molecule has 1 aromatic carbocycles. The van der Waals surface area contributed by atoms with E-state index in [1.807, 2.05) is 12.1 Å². The molecule has 1 atom stereocenters. The van der Waals surface area contributed by atoms with Crippen molar-refractivity contribution in [1.82, 2.24) is 10.2 Å². The van der Waals surface area contributed by atoms with Crippen molar-refractivity contribution in [2.24, 2.45) is 0 Å². The summed E-state index contributed by atoms with van der Waals surface area (Å²) in [7, 11) is 0. The first-order chi connectivity index (χ1) is 9.33. The van der Waals surface area contributed by atoms with Crippen molar-refractivity contribution >= 4 is 5.69 Å². The van der Waals surface area contributed by atoms with Crippen LogP contribution in [0.4, 0.5) is 5.69 Å². The van der Waals surface area contributed by atoms with Gasteiger partial charge in [0.15, 0.2) is 0 Å². The van der Waals surface area contributed by atoms with Gasteiger partial charge < -0.3 is 9.73 Å². The fourth-order valence-corrected chi connectivity index (χ4v) is 2.02. The SMILES string of the molecule is CC(Nc1ccc(-c2ccn[nH]2)cc1)c1ccoc1. The van der Waals surface area contributed by atoms with Gasteiger partial charge in [0.1, 0.15) is 0 Å². The molecule has 19 heavy (non-hydrogen) atoms. The summed E-state index contributed by atoms with van der Waals surface area (Å²) in [4.78, 5) is 0. The Morgan fingerprint density at radius 1 is 1.16 bits per heavy atom. The third-order valence-corrected chi connectivity index (χ3v) is 3.12. The van der Waals surface area contributed by atoms with Gasteiger partial charge in [0.05, 0.1) is 24.3 Å². The molecule has 3 rings (SSSR count). The highest BCUT2D eigenvalue weighted by molar-refractivity contribution is 5.62. The molecule has 0 aliphatic rings. The maximum absolute atomic E-state index is 5.09. The van der Waals surface area contributed by atoms with Crippen LogP contribution in [-0.2, 0) is 0 Å². The number of aromatic amines is 1. The first-order valence-corrected chi connectivity index (χ1v) is 6.21. The van der Waals surface area contributed by atoms with E-state index in [1.54, 1.807) is 18.7 Å². The van der Waals surface area contributed by atoms with Gasteiger partial charge in [-0.25, -0.2) is 0 Å². The number of aromatic nitrogens is 2. The van der Waals surface area contributed by atoms with Gasteiger partial charge in [-0.05, 0) is 36.8 Å². The van der Waals surface area contributed by atoms with Crippen LogP contribution in [0.1, 0.15) is 18.5 Å². The maximum atomic E-state index is 5.09. The third kappa shape index (κ3) is 2.52. The average molecular weight is 253 g/mol. The molecule has 2 aromatic heterocycles. The summed E-state index contributed by atoms with van der Waals surface area (Å²) in [5.74, 6) is 0. The lowest BCUT2D eigenvalue weighted by molar-refractivity contribution is 0.562. The van der Waals surface area contributed by atoms with Crippen molar-refractivity contribution < 1.29 is 4.42 Å². The first-order valence-electron chi connectivity index (χ1n) is 6.21. The van der Waals surface area contributed by atoms with E-state index in [1.165, 1.54) is 0 Å². The molecular weight excluding hydrogens is 238 g/mol. The van der Waals surface area contributed by atoms with Crippen molar-refractivity contribution in [3.8, 4) is 11.3 Å². The Morgan fingerprint density at radius 2 is 2.00 bits per heavy atom. The molecule has 0 aliphatic carbocycles. The Kier molecular flexibility index (Phi) is 3.06. The van der Waals surface area contributed by atoms with Crippen LogP contribution >= 0.6 is 0 Å². The molecule has 0 saturated heterocycles. The van der Waals surface area contributed by atoms with Crippen molar-refractivity contribution in [3.63, 3.8) is 0 Å². The van der Waals surface area contributed by atoms with Crippen LogP contribution in [0.15, 0.2) is 59.5 Å². The zero-order valence-electron chi connectivity index (χ0n) is 10.6. The van der Waals surface area contributed by atoms with Gasteiger partial charge in [0.2, 0.25) is 0 Å². The Balaban J connectivity index is 1.73. The monoisotopic (exact) mass is 253 g/mol. The van der Waals surface area contributed by atoms with Crippen molar-refractivity contribution in [2.75, 3.05) is 5.32 Å². The molecule has 3 aromatic rings. The summed E-state index contributed by atoms with van der Waals surface area (Å²) in [6.07, 6.45) is 5.20. The van der Waals surface area contributed by atoms with E-state index in [0.717, 1.165) is 22.5 Å². The number of nitrogens with one attached hydrogen (secondary N) is 2. The first kappa shape index (κ1) is 11.6. The van der Waals surface area contributed by atoms with E-state index < -0.39 is 0 Å². The topological polar surface area (TPSA) is 53.9 Å². The Morgan fingerprint density at radius 3 is 2.63 bits per heavy atom. The lowest BCUT2D eigenvalue weighted by Crippen LogP contribution is -2.05. The highest BCUT2D eigenvalue weighted by atomic mass is 16.3. The van der Waals surface area contributed by atoms with E-state index >= 15 is 0 Å². The highest BCUT2D eigenvalue weighted by Gasteiger charge is 2.06. The fourth-order valence-electron chi connectivity index (χ4n) is 2.02. The summed E-state index contributed by atoms with van der Waals surface area (Å²) in [6, 6.07) is 12.4. The Labute approximate surface area is 111 Å². The van der Waals surface area contributed by atoms with Crippen LogP contribution < -0.4 is 5.32 Å². The quantitative estimate of drug-likeness (QED) is 0.742. The summed E-state index contributed by atoms with van der Waals surface area (Å²) < 4.78 is 5.09. The average Bonchev–Trinajstić information content (AvgIpc) is 3.13. The number of rotatable bonds is 4. The molecule has 0 radical (unpaired) electrons. The predicted octanol–water partition coefficient (Wildman–Crippen LogP) is 3.84. The van der Waals surface area contributed by atoms with Crippen molar-refractivity contribution in [2.45, 2.75) is 13.0 Å². The van der Waals surface area contributed by atoms with Crippen LogP contribution in [0.2, 0.25) is 0 Å². The predicted molar refractivity (Wildman–Crippen MR) is 74.8 cm³/mol. The molecule has 0 aliphatic heterocycles. The van der Waals surface area contributed by atoms with Crippen LogP contribution in [0.3, 0.4) is 0 Å². The number of H-pyrrole nitrogens is 1. The van der Waals surface area contributed by atoms with Gasteiger partial charge in [-0.1, -0.05) is 12.1 Å². The second-order valence-corrected chi connectivity index (χ2v) is 4.47. The van der Waals surface area contributed by atoms with Gasteiger partial charge in [-0.2, -0.15) is 5.10 Å². The molecule has 0 fully saturated rings. The minimum Gasteiger partial charge on any atom is -0.472 e. The third-order valence-electron chi connectivity index (χ3n) is 3.12. The Bertz CT molecular complexity index is 612. The van der Waals surface area contributed by atoms with E-state index in [-0.39, 0.29) is 6.04 Å². The number of furan rings is 1. The number of benzene rings is 1. The Hall–Kier alpha value is -2.49. The summed E-state index contributed by atoms with van der Waals surface area (Å²) in [5, 5.41) is 10.3. The zero-order chi connectivity index (χ0) is 13.1. The molecule has 1 unspecified atom stereocenters. The molecule has 2 N–H and O–H groups in total. The van der Waals surface area contributed by atoms with E-state index in [2.05, 4.69) is 46.7 Å². The lowest BCUT2D eigenvalue weighted by atomic mass is 10.1. The number of nitrogens with zero attached hydrogens (tertiary/aromatic N) is 1. The van der Waals surface area contributed by atoms with Crippen LogP contribution in [-0.4, -0.2) is 10.2 Å². The normalized spacial score (nSPS) is 12.3. The minimum atomic E-state index is 0.219. The molecule has 4 nitrogen and oxygen atoms in total. The van der Waals surface area contributed by atoms with Gasteiger partial charge >= 0.3 is 0 Å². The second kappa shape index (κ2) is 5.02. The standard InChI is InChI=1S/C15H15N3O/c1-11(13-7-9-19-10-13)17-14-4-2-12(3-5-14)15-6-8-16-18-15/h2-11,17H,1H3,(H,16,18). The molecule has 4 heteroatoms. The molecular formula is C15H15N3O. The number of anilines is 1. The highest BCUT2D eigenvalue weighted by Crippen LogP contribution is 2.22. The van der Waals surface area contributed by atoms with Crippen LogP contribution in [0.25, 0.3) is 11.3 Å². The largest absolute Gasteiger partial charge is 0.472 e. The van der Waals surface area contributed by atoms with Crippen LogP contribution in [0, 0.1) is 0 Å². The second-order valence-electron chi connectivity index (χ2n) is 4.47. The van der Waals surface area contributed by atoms with Gasteiger partial charge in [-0.15, -0.1) is 0 Å². The molecule has 2 heterocycles. The zero-order valence-corrected chi connectivity index (χ0v) is 10.6. The molecule has 0 amide bonds. The van der Waals surface area contributed by atoms with Crippen molar-refractivity contribution in [1.29, 1.82) is 0 Å². The minimum absolute atomic E-state index is 0.219. The number of hydrogen-bond donors (Lipinski definition) is 2. The molecule has 0 bridgehead atoms. The summed E-state index contributed by atoms with van der Waals surface area (Å²) in [5.41, 5.74) is 4.36. The molecule has 0 spiro atoms. The smallest absolute Gasteiger partial charge is 0.0955 e. The fraction of sp³-hybridized carbons (Fsp3) is 0.133. The van der Waals surface area contributed by atoms with Crippen LogP contribution in [0.5, 0.6) is 0 Å². The van der Waals surface area contributed by atoms with E-state index in [0.29, 0.717) is 0 Å². The van der Waals surface area contributed by atoms with E-state index in [4.69, 9.17) is 4.42 Å². The number of hydrogen-bond acceptors (Lipinski definition) is 3. The maximum Gasteiger partial charge on any atom is 0.0955 e. The molecule has 0 saturated carbocycles. The summed E-state index contributed by atoms with van der Waals surface area (Å²) >= 11 is 0. The van der Waals surface area contributed by atoms with Gasteiger partial charge in [0.25, 0.3) is 0 Å².